The van der Waals surface area contributed by atoms with Crippen LogP contribution in [0.15, 0.2) is 24.3 Å². The van der Waals surface area contributed by atoms with Crippen molar-refractivity contribution in [1.29, 1.82) is 0 Å². The van der Waals surface area contributed by atoms with Crippen LogP contribution in [0.4, 0.5) is 0 Å². The highest BCUT2D eigenvalue weighted by Gasteiger charge is 2.26. The molecule has 4 heteroatoms. The van der Waals surface area contributed by atoms with E-state index in [0.29, 0.717) is 19.6 Å². The Balaban J connectivity index is 1.97. The van der Waals surface area contributed by atoms with Crippen LogP contribution in [0.5, 0.6) is 0 Å². The van der Waals surface area contributed by atoms with Crippen molar-refractivity contribution < 1.29 is 9.53 Å². The first-order valence-electron chi connectivity index (χ1n) is 6.84. The predicted molar refractivity (Wildman–Crippen MR) is 74.6 cm³/mol. The summed E-state index contributed by atoms with van der Waals surface area (Å²) in [6, 6.07) is 8.18. The van der Waals surface area contributed by atoms with Crippen molar-refractivity contribution in [1.82, 2.24) is 4.90 Å². The van der Waals surface area contributed by atoms with Crippen LogP contribution in [-0.4, -0.2) is 36.6 Å². The number of aryl methyl sites for hydroxylation is 1. The zero-order valence-electron chi connectivity index (χ0n) is 11.5. The second-order valence-corrected chi connectivity index (χ2v) is 5.06. The van der Waals surface area contributed by atoms with Gasteiger partial charge in [0.1, 0.15) is 6.61 Å². The summed E-state index contributed by atoms with van der Waals surface area (Å²) >= 11 is 0. The summed E-state index contributed by atoms with van der Waals surface area (Å²) in [5, 5.41) is 0. The van der Waals surface area contributed by atoms with Crippen molar-refractivity contribution >= 4 is 5.91 Å². The van der Waals surface area contributed by atoms with Crippen LogP contribution < -0.4 is 5.73 Å². The lowest BCUT2D eigenvalue weighted by Gasteiger charge is -2.33. The monoisotopic (exact) mass is 262 g/mol. The number of benzene rings is 1. The average Bonchev–Trinajstić information content (AvgIpc) is 2.42. The first-order valence-corrected chi connectivity index (χ1v) is 6.84. The Hall–Kier alpha value is -1.39. The molecule has 1 aromatic rings. The molecule has 1 saturated heterocycles. The summed E-state index contributed by atoms with van der Waals surface area (Å²) in [4.78, 5) is 13.8. The Morgan fingerprint density at radius 1 is 1.42 bits per heavy atom. The van der Waals surface area contributed by atoms with Gasteiger partial charge in [0.05, 0.1) is 6.10 Å². The summed E-state index contributed by atoms with van der Waals surface area (Å²) in [5.41, 5.74) is 7.94. The van der Waals surface area contributed by atoms with Crippen LogP contribution in [0.2, 0.25) is 0 Å². The van der Waals surface area contributed by atoms with Gasteiger partial charge in [0.15, 0.2) is 0 Å². The molecule has 1 amide bonds. The molecule has 1 unspecified atom stereocenters. The first-order chi connectivity index (χ1) is 9.20. The van der Waals surface area contributed by atoms with E-state index in [-0.39, 0.29) is 18.6 Å². The van der Waals surface area contributed by atoms with Gasteiger partial charge in [-0.25, -0.2) is 0 Å². The van der Waals surface area contributed by atoms with Crippen LogP contribution in [0.25, 0.3) is 0 Å². The van der Waals surface area contributed by atoms with E-state index < -0.39 is 0 Å². The maximum absolute atomic E-state index is 11.9. The van der Waals surface area contributed by atoms with E-state index in [1.165, 1.54) is 11.1 Å². The van der Waals surface area contributed by atoms with Crippen LogP contribution in [0.3, 0.4) is 0 Å². The van der Waals surface area contributed by atoms with Crippen LogP contribution in [0, 0.1) is 6.92 Å². The quantitative estimate of drug-likeness (QED) is 0.874. The van der Waals surface area contributed by atoms with Gasteiger partial charge in [0.25, 0.3) is 0 Å². The molecule has 0 radical (unpaired) electrons. The van der Waals surface area contributed by atoms with E-state index in [1.54, 1.807) is 0 Å². The molecule has 0 saturated carbocycles. The van der Waals surface area contributed by atoms with Gasteiger partial charge in [0.2, 0.25) is 5.91 Å². The molecule has 1 aliphatic rings. The SMILES string of the molecule is Cc1ccccc1CN1CC(CCCN)OCC1=O. The lowest BCUT2D eigenvalue weighted by molar-refractivity contribution is -0.150. The summed E-state index contributed by atoms with van der Waals surface area (Å²) in [6.07, 6.45) is 2.00. The van der Waals surface area contributed by atoms with E-state index in [9.17, 15) is 4.79 Å². The fourth-order valence-corrected chi connectivity index (χ4v) is 2.35. The van der Waals surface area contributed by atoms with Gasteiger partial charge in [0, 0.05) is 13.1 Å². The normalized spacial score (nSPS) is 19.8. The molecule has 104 valence electrons. The molecule has 0 bridgehead atoms. The number of ether oxygens (including phenoxy) is 1. The van der Waals surface area contributed by atoms with Crippen LogP contribution in [-0.2, 0) is 16.1 Å². The van der Waals surface area contributed by atoms with Gasteiger partial charge in [-0.3, -0.25) is 4.79 Å². The van der Waals surface area contributed by atoms with Crippen LogP contribution >= 0.6 is 0 Å². The maximum atomic E-state index is 11.9. The second-order valence-electron chi connectivity index (χ2n) is 5.06. The minimum atomic E-state index is 0.0762. The van der Waals surface area contributed by atoms with Gasteiger partial charge >= 0.3 is 0 Å². The van der Waals surface area contributed by atoms with Crippen molar-refractivity contribution in [2.24, 2.45) is 5.73 Å². The van der Waals surface area contributed by atoms with Gasteiger partial charge in [-0.1, -0.05) is 24.3 Å². The minimum absolute atomic E-state index is 0.0762. The number of amides is 1. The lowest BCUT2D eigenvalue weighted by atomic mass is 10.1. The highest BCUT2D eigenvalue weighted by atomic mass is 16.5. The number of nitrogens with two attached hydrogens (primary N) is 1. The van der Waals surface area contributed by atoms with E-state index in [4.69, 9.17) is 10.5 Å². The number of hydrogen-bond acceptors (Lipinski definition) is 3. The minimum Gasteiger partial charge on any atom is -0.367 e. The van der Waals surface area contributed by atoms with Crippen molar-refractivity contribution in [2.45, 2.75) is 32.4 Å². The van der Waals surface area contributed by atoms with Crippen molar-refractivity contribution in [3.05, 3.63) is 35.4 Å². The summed E-state index contributed by atoms with van der Waals surface area (Å²) in [7, 11) is 0. The van der Waals surface area contributed by atoms with Crippen molar-refractivity contribution in [3.8, 4) is 0 Å². The third-order valence-corrected chi connectivity index (χ3v) is 3.57. The Morgan fingerprint density at radius 2 is 2.21 bits per heavy atom. The number of carbonyl (C=O) groups excluding carboxylic acids is 1. The molecule has 1 atom stereocenters. The Labute approximate surface area is 114 Å². The van der Waals surface area contributed by atoms with E-state index >= 15 is 0 Å². The zero-order valence-corrected chi connectivity index (χ0v) is 11.5. The van der Waals surface area contributed by atoms with E-state index in [2.05, 4.69) is 19.1 Å². The second kappa shape index (κ2) is 6.68. The third kappa shape index (κ3) is 3.78. The number of rotatable bonds is 5. The topological polar surface area (TPSA) is 55.6 Å². The highest BCUT2D eigenvalue weighted by Crippen LogP contribution is 2.16. The van der Waals surface area contributed by atoms with Gasteiger partial charge in [-0.05, 0) is 37.4 Å². The van der Waals surface area contributed by atoms with Gasteiger partial charge < -0.3 is 15.4 Å². The van der Waals surface area contributed by atoms with E-state index in [1.807, 2.05) is 17.0 Å². The molecule has 0 aromatic heterocycles. The van der Waals surface area contributed by atoms with E-state index in [0.717, 1.165) is 12.8 Å². The number of morpholine rings is 1. The molecule has 19 heavy (non-hydrogen) atoms. The average molecular weight is 262 g/mol. The summed E-state index contributed by atoms with van der Waals surface area (Å²) in [6.45, 7) is 4.29. The Morgan fingerprint density at radius 3 is 2.95 bits per heavy atom. The third-order valence-electron chi connectivity index (χ3n) is 3.57. The molecule has 2 rings (SSSR count). The molecule has 0 aliphatic carbocycles. The number of carbonyl (C=O) groups is 1. The molecule has 0 spiro atoms. The molecular formula is C15H22N2O2. The smallest absolute Gasteiger partial charge is 0.248 e. The molecule has 1 fully saturated rings. The first kappa shape index (κ1) is 14.0. The fourth-order valence-electron chi connectivity index (χ4n) is 2.35. The summed E-state index contributed by atoms with van der Waals surface area (Å²) in [5.74, 6) is 0.0762. The molecule has 2 N–H and O–H groups in total. The molecule has 4 nitrogen and oxygen atoms in total. The molecule has 1 aliphatic heterocycles. The zero-order chi connectivity index (χ0) is 13.7. The molecule has 1 heterocycles. The fraction of sp³-hybridized carbons (Fsp3) is 0.533. The molecule has 1 aromatic carbocycles. The number of nitrogens with zero attached hydrogens (tertiary/aromatic N) is 1. The number of hydrogen-bond donors (Lipinski definition) is 1. The predicted octanol–water partition coefficient (Wildman–Crippen LogP) is 1.46. The summed E-state index contributed by atoms with van der Waals surface area (Å²) < 4.78 is 5.54. The van der Waals surface area contributed by atoms with Crippen LogP contribution in [0.1, 0.15) is 24.0 Å². The van der Waals surface area contributed by atoms with Gasteiger partial charge in [-0.2, -0.15) is 0 Å². The van der Waals surface area contributed by atoms with Crippen molar-refractivity contribution in [2.75, 3.05) is 19.7 Å². The highest BCUT2D eigenvalue weighted by molar-refractivity contribution is 5.78. The van der Waals surface area contributed by atoms with Crippen molar-refractivity contribution in [3.63, 3.8) is 0 Å². The van der Waals surface area contributed by atoms with Gasteiger partial charge in [-0.15, -0.1) is 0 Å². The Bertz CT molecular complexity index is 434. The largest absolute Gasteiger partial charge is 0.367 e. The lowest BCUT2D eigenvalue weighted by Crippen LogP contribution is -2.46. The maximum Gasteiger partial charge on any atom is 0.248 e. The Kier molecular flexibility index (Phi) is 4.93. The molecular weight excluding hydrogens is 240 g/mol. The standard InChI is InChI=1S/C15H22N2O2/c1-12-5-2-3-6-13(12)9-17-10-14(7-4-8-16)19-11-15(17)18/h2-3,5-6,14H,4,7-11,16H2,1H3.